The summed E-state index contributed by atoms with van der Waals surface area (Å²) in [6.45, 7) is 12.7. The van der Waals surface area contributed by atoms with Gasteiger partial charge in [-0.2, -0.15) is 0 Å². The van der Waals surface area contributed by atoms with Gasteiger partial charge in [0.2, 0.25) is 0 Å². The molecule has 0 aromatic rings. The van der Waals surface area contributed by atoms with Crippen LogP contribution in [-0.4, -0.2) is 36.6 Å². The van der Waals surface area contributed by atoms with E-state index in [1.807, 2.05) is 13.8 Å². The molecule has 1 saturated heterocycles. The van der Waals surface area contributed by atoms with E-state index in [-0.39, 0.29) is 16.9 Å². The first kappa shape index (κ1) is 13.5. The number of hydrogen-bond acceptors (Lipinski definition) is 3. The van der Waals surface area contributed by atoms with Gasteiger partial charge in [0.05, 0.1) is 12.5 Å². The SMILES string of the molecule is COC(=O)C(C)(C)C1CCN(C(C)(C)C)C1. The number of likely N-dealkylation sites (tertiary alicyclic amines) is 1. The topological polar surface area (TPSA) is 29.5 Å². The molecule has 1 atom stereocenters. The monoisotopic (exact) mass is 227 g/mol. The highest BCUT2D eigenvalue weighted by atomic mass is 16.5. The van der Waals surface area contributed by atoms with Gasteiger partial charge in [-0.25, -0.2) is 0 Å². The molecule has 0 saturated carbocycles. The molecule has 16 heavy (non-hydrogen) atoms. The standard InChI is InChI=1S/C13H25NO2/c1-12(2,3)14-8-7-10(9-14)13(4,5)11(15)16-6/h10H,7-9H2,1-6H3. The van der Waals surface area contributed by atoms with Crippen LogP contribution in [0, 0.1) is 11.3 Å². The van der Waals surface area contributed by atoms with Crippen LogP contribution in [0.4, 0.5) is 0 Å². The van der Waals surface area contributed by atoms with Crippen LogP contribution in [0.5, 0.6) is 0 Å². The summed E-state index contributed by atoms with van der Waals surface area (Å²) in [7, 11) is 1.47. The summed E-state index contributed by atoms with van der Waals surface area (Å²) in [4.78, 5) is 14.2. The van der Waals surface area contributed by atoms with E-state index in [0.29, 0.717) is 5.92 Å². The zero-order valence-electron chi connectivity index (χ0n) is 11.5. The number of carbonyl (C=O) groups excluding carboxylic acids is 1. The van der Waals surface area contributed by atoms with E-state index in [9.17, 15) is 4.79 Å². The molecule has 3 nitrogen and oxygen atoms in total. The highest BCUT2D eigenvalue weighted by molar-refractivity contribution is 5.76. The molecule has 94 valence electrons. The molecule has 1 heterocycles. The number of hydrogen-bond donors (Lipinski definition) is 0. The lowest BCUT2D eigenvalue weighted by molar-refractivity contribution is -0.153. The molecule has 1 aliphatic heterocycles. The van der Waals surface area contributed by atoms with Gasteiger partial charge in [0.1, 0.15) is 0 Å². The highest BCUT2D eigenvalue weighted by Gasteiger charge is 2.43. The first-order chi connectivity index (χ1) is 7.19. The van der Waals surface area contributed by atoms with E-state index in [4.69, 9.17) is 4.74 Å². The van der Waals surface area contributed by atoms with Crippen LogP contribution in [0.25, 0.3) is 0 Å². The van der Waals surface area contributed by atoms with Crippen molar-refractivity contribution in [3.63, 3.8) is 0 Å². The Morgan fingerprint density at radius 2 is 1.81 bits per heavy atom. The highest BCUT2D eigenvalue weighted by Crippen LogP contribution is 2.37. The van der Waals surface area contributed by atoms with Gasteiger partial charge in [-0.05, 0) is 53.5 Å². The molecule has 1 rings (SSSR count). The van der Waals surface area contributed by atoms with E-state index in [1.165, 1.54) is 7.11 Å². The summed E-state index contributed by atoms with van der Waals surface area (Å²) in [5, 5.41) is 0. The van der Waals surface area contributed by atoms with Gasteiger partial charge in [0, 0.05) is 12.1 Å². The summed E-state index contributed by atoms with van der Waals surface area (Å²) in [6.07, 6.45) is 1.08. The number of esters is 1. The minimum atomic E-state index is -0.366. The normalized spacial score (nSPS) is 23.5. The Balaban J connectivity index is 2.69. The maximum Gasteiger partial charge on any atom is 0.311 e. The Kier molecular flexibility index (Phi) is 3.68. The third kappa shape index (κ3) is 2.57. The quantitative estimate of drug-likeness (QED) is 0.678. The van der Waals surface area contributed by atoms with Gasteiger partial charge in [0.25, 0.3) is 0 Å². The van der Waals surface area contributed by atoms with Crippen LogP contribution in [-0.2, 0) is 9.53 Å². The van der Waals surface area contributed by atoms with Crippen molar-refractivity contribution in [2.45, 2.75) is 46.6 Å². The predicted molar refractivity (Wildman–Crippen MR) is 65.2 cm³/mol. The second kappa shape index (κ2) is 4.36. The van der Waals surface area contributed by atoms with Crippen molar-refractivity contribution >= 4 is 5.97 Å². The van der Waals surface area contributed by atoms with Crippen LogP contribution in [0.2, 0.25) is 0 Å². The van der Waals surface area contributed by atoms with Crippen molar-refractivity contribution in [2.75, 3.05) is 20.2 Å². The number of methoxy groups -OCH3 is 1. The van der Waals surface area contributed by atoms with Crippen LogP contribution in [0.15, 0.2) is 0 Å². The molecule has 0 bridgehead atoms. The van der Waals surface area contributed by atoms with Gasteiger partial charge >= 0.3 is 5.97 Å². The molecule has 0 aromatic carbocycles. The van der Waals surface area contributed by atoms with Gasteiger partial charge < -0.3 is 4.74 Å². The minimum Gasteiger partial charge on any atom is -0.469 e. The molecular weight excluding hydrogens is 202 g/mol. The van der Waals surface area contributed by atoms with Crippen LogP contribution in [0.3, 0.4) is 0 Å². The maximum absolute atomic E-state index is 11.7. The largest absolute Gasteiger partial charge is 0.469 e. The minimum absolute atomic E-state index is 0.0896. The number of rotatable bonds is 2. The molecule has 0 spiro atoms. The Hall–Kier alpha value is -0.570. The van der Waals surface area contributed by atoms with Crippen molar-refractivity contribution in [3.05, 3.63) is 0 Å². The predicted octanol–water partition coefficient (Wildman–Crippen LogP) is 2.31. The first-order valence-electron chi connectivity index (χ1n) is 6.03. The fourth-order valence-corrected chi connectivity index (χ4v) is 2.39. The fraction of sp³-hybridized carbons (Fsp3) is 0.923. The van der Waals surface area contributed by atoms with Crippen LogP contribution in [0.1, 0.15) is 41.0 Å². The summed E-state index contributed by atoms with van der Waals surface area (Å²) < 4.78 is 4.89. The summed E-state index contributed by atoms with van der Waals surface area (Å²) in [5.74, 6) is 0.312. The Morgan fingerprint density at radius 1 is 1.25 bits per heavy atom. The third-order valence-electron chi connectivity index (χ3n) is 3.87. The molecule has 0 aliphatic carbocycles. The zero-order valence-corrected chi connectivity index (χ0v) is 11.5. The lowest BCUT2D eigenvalue weighted by atomic mass is 9.78. The van der Waals surface area contributed by atoms with E-state index in [1.54, 1.807) is 0 Å². The molecule has 0 N–H and O–H groups in total. The summed E-state index contributed by atoms with van der Waals surface area (Å²) in [5.41, 5.74) is -0.171. The molecule has 1 fully saturated rings. The summed E-state index contributed by atoms with van der Waals surface area (Å²) in [6, 6.07) is 0. The summed E-state index contributed by atoms with van der Waals surface area (Å²) >= 11 is 0. The van der Waals surface area contributed by atoms with Crippen molar-refractivity contribution in [1.82, 2.24) is 4.90 Å². The smallest absolute Gasteiger partial charge is 0.311 e. The molecular formula is C13H25NO2. The Labute approximate surface area is 99.1 Å². The lowest BCUT2D eigenvalue weighted by Gasteiger charge is -2.34. The third-order valence-corrected chi connectivity index (χ3v) is 3.87. The number of ether oxygens (including phenoxy) is 1. The van der Waals surface area contributed by atoms with Gasteiger partial charge in [0.15, 0.2) is 0 Å². The number of nitrogens with zero attached hydrogens (tertiary/aromatic N) is 1. The van der Waals surface area contributed by atoms with E-state index < -0.39 is 0 Å². The first-order valence-corrected chi connectivity index (χ1v) is 6.03. The zero-order chi connectivity index (χ0) is 12.6. The molecule has 1 aliphatic rings. The van der Waals surface area contributed by atoms with Crippen LogP contribution < -0.4 is 0 Å². The van der Waals surface area contributed by atoms with Crippen LogP contribution >= 0.6 is 0 Å². The molecule has 0 radical (unpaired) electrons. The molecule has 1 unspecified atom stereocenters. The van der Waals surface area contributed by atoms with Gasteiger partial charge in [-0.15, -0.1) is 0 Å². The van der Waals surface area contributed by atoms with Crippen molar-refractivity contribution in [2.24, 2.45) is 11.3 Å². The number of carbonyl (C=O) groups is 1. The van der Waals surface area contributed by atoms with Crippen molar-refractivity contribution in [3.8, 4) is 0 Å². The Bertz CT molecular complexity index is 266. The Morgan fingerprint density at radius 3 is 2.19 bits per heavy atom. The maximum atomic E-state index is 11.7. The van der Waals surface area contributed by atoms with E-state index in [0.717, 1.165) is 19.5 Å². The van der Waals surface area contributed by atoms with Crippen molar-refractivity contribution in [1.29, 1.82) is 0 Å². The van der Waals surface area contributed by atoms with Gasteiger partial charge in [-0.3, -0.25) is 9.69 Å². The molecule has 0 aromatic heterocycles. The second-order valence-corrected chi connectivity index (χ2v) is 6.32. The molecule has 0 amide bonds. The molecule has 3 heteroatoms. The van der Waals surface area contributed by atoms with Crippen molar-refractivity contribution < 1.29 is 9.53 Å². The average Bonchev–Trinajstić information content (AvgIpc) is 2.64. The van der Waals surface area contributed by atoms with E-state index >= 15 is 0 Å². The average molecular weight is 227 g/mol. The van der Waals surface area contributed by atoms with Gasteiger partial charge in [-0.1, -0.05) is 0 Å². The fourth-order valence-electron chi connectivity index (χ4n) is 2.39. The second-order valence-electron chi connectivity index (χ2n) is 6.32. The van der Waals surface area contributed by atoms with E-state index in [2.05, 4.69) is 25.7 Å². The lowest BCUT2D eigenvalue weighted by Crippen LogP contribution is -2.42.